The molecule has 7 nitrogen and oxygen atoms in total. The first kappa shape index (κ1) is 20.0. The fraction of sp³-hybridized carbons (Fsp3) is 0.250. The van der Waals surface area contributed by atoms with E-state index in [1.807, 2.05) is 60.7 Å². The average molecular weight is 370 g/mol. The van der Waals surface area contributed by atoms with Crippen LogP contribution >= 0.6 is 0 Å². The summed E-state index contributed by atoms with van der Waals surface area (Å²) in [5, 5.41) is 13.9. The molecule has 3 N–H and O–H groups in total. The molecule has 0 radical (unpaired) electrons. The van der Waals surface area contributed by atoms with Gasteiger partial charge in [-0.05, 0) is 18.1 Å². The van der Waals surface area contributed by atoms with Crippen molar-refractivity contribution < 1.29 is 24.2 Å². The van der Waals surface area contributed by atoms with E-state index in [1.54, 1.807) is 0 Å². The van der Waals surface area contributed by atoms with Crippen LogP contribution in [0.25, 0.3) is 0 Å². The minimum atomic E-state index is -1.16. The van der Waals surface area contributed by atoms with Gasteiger partial charge in [-0.25, -0.2) is 4.79 Å². The number of hydrogen-bond donors (Lipinski definition) is 3. The second-order valence-electron chi connectivity index (χ2n) is 6.02. The number of carbonyl (C=O) groups excluding carboxylic acids is 2. The van der Waals surface area contributed by atoms with E-state index >= 15 is 0 Å². The molecule has 0 aliphatic heterocycles. The van der Waals surface area contributed by atoms with E-state index in [-0.39, 0.29) is 13.0 Å². The van der Waals surface area contributed by atoms with Crippen molar-refractivity contribution in [1.82, 2.24) is 10.6 Å². The number of benzene rings is 2. The van der Waals surface area contributed by atoms with Crippen LogP contribution < -0.4 is 10.6 Å². The maximum absolute atomic E-state index is 12.4. The lowest BCUT2D eigenvalue weighted by molar-refractivity contribution is -0.141. The number of carbonyl (C=O) groups is 3. The Hall–Kier alpha value is -3.35. The van der Waals surface area contributed by atoms with Gasteiger partial charge < -0.3 is 20.5 Å². The molecule has 27 heavy (non-hydrogen) atoms. The van der Waals surface area contributed by atoms with Crippen molar-refractivity contribution in [1.29, 1.82) is 0 Å². The van der Waals surface area contributed by atoms with Gasteiger partial charge in [-0.1, -0.05) is 60.7 Å². The van der Waals surface area contributed by atoms with Gasteiger partial charge in [0, 0.05) is 6.42 Å². The Bertz CT molecular complexity index is 764. The summed E-state index contributed by atoms with van der Waals surface area (Å²) in [7, 11) is 0. The lowest BCUT2D eigenvalue weighted by atomic mass is 10.1. The van der Waals surface area contributed by atoms with Crippen LogP contribution in [0.1, 0.15) is 18.1 Å². The van der Waals surface area contributed by atoms with E-state index < -0.39 is 30.1 Å². The summed E-state index contributed by atoms with van der Waals surface area (Å²) in [6.07, 6.45) is -0.544. The average Bonchev–Trinajstić information content (AvgIpc) is 2.67. The standard InChI is InChI=1S/C20H22N2O5/c1-14(19(24)25)21-18(23)17(12-15-8-4-2-5-9-15)22-20(26)27-13-16-10-6-3-7-11-16/h2-11,14,17H,12-13H2,1H3,(H,21,23)(H,22,26)(H,24,25)/t14-,17+/m1/s1. The maximum atomic E-state index is 12.4. The molecule has 0 unspecified atom stereocenters. The normalized spacial score (nSPS) is 12.5. The molecular formula is C20H22N2O5. The van der Waals surface area contributed by atoms with Crippen molar-refractivity contribution in [2.75, 3.05) is 0 Å². The minimum absolute atomic E-state index is 0.0673. The number of carboxylic acids is 1. The zero-order valence-electron chi connectivity index (χ0n) is 14.9. The Morgan fingerprint density at radius 3 is 2.04 bits per heavy atom. The summed E-state index contributed by atoms with van der Waals surface area (Å²) < 4.78 is 5.15. The third kappa shape index (κ3) is 6.81. The van der Waals surface area contributed by atoms with Gasteiger partial charge in [0.2, 0.25) is 5.91 Å². The molecule has 2 atom stereocenters. The summed E-state index contributed by atoms with van der Waals surface area (Å²) in [5.74, 6) is -1.75. The van der Waals surface area contributed by atoms with Gasteiger partial charge in [0.15, 0.2) is 0 Å². The molecule has 0 aliphatic carbocycles. The molecule has 0 heterocycles. The minimum Gasteiger partial charge on any atom is -0.480 e. The van der Waals surface area contributed by atoms with Gasteiger partial charge in [-0.15, -0.1) is 0 Å². The number of nitrogens with one attached hydrogen (secondary N) is 2. The zero-order chi connectivity index (χ0) is 19.6. The highest BCUT2D eigenvalue weighted by Gasteiger charge is 2.25. The molecule has 0 aromatic heterocycles. The predicted octanol–water partition coefficient (Wildman–Crippen LogP) is 2.11. The second-order valence-corrected chi connectivity index (χ2v) is 6.02. The summed E-state index contributed by atoms with van der Waals surface area (Å²) in [5.41, 5.74) is 1.64. The van der Waals surface area contributed by atoms with Crippen molar-refractivity contribution in [2.24, 2.45) is 0 Å². The lowest BCUT2D eigenvalue weighted by Gasteiger charge is -2.20. The third-order valence-corrected chi connectivity index (χ3v) is 3.83. The smallest absolute Gasteiger partial charge is 0.408 e. The molecular weight excluding hydrogens is 348 g/mol. The maximum Gasteiger partial charge on any atom is 0.408 e. The number of amides is 2. The first-order valence-electron chi connectivity index (χ1n) is 8.50. The fourth-order valence-electron chi connectivity index (χ4n) is 2.34. The fourth-order valence-corrected chi connectivity index (χ4v) is 2.34. The van der Waals surface area contributed by atoms with E-state index in [0.29, 0.717) is 0 Å². The van der Waals surface area contributed by atoms with Gasteiger partial charge in [0.25, 0.3) is 0 Å². The van der Waals surface area contributed by atoms with E-state index in [1.165, 1.54) is 6.92 Å². The van der Waals surface area contributed by atoms with Crippen LogP contribution in [0.3, 0.4) is 0 Å². The number of rotatable bonds is 8. The van der Waals surface area contributed by atoms with Gasteiger partial charge >= 0.3 is 12.1 Å². The van der Waals surface area contributed by atoms with Crippen LogP contribution in [0.4, 0.5) is 4.79 Å². The molecule has 0 spiro atoms. The first-order chi connectivity index (χ1) is 13.0. The van der Waals surface area contributed by atoms with Gasteiger partial charge in [-0.2, -0.15) is 0 Å². The molecule has 2 rings (SSSR count). The van der Waals surface area contributed by atoms with E-state index in [0.717, 1.165) is 11.1 Å². The molecule has 0 fully saturated rings. The van der Waals surface area contributed by atoms with Crippen LogP contribution in [-0.2, 0) is 27.4 Å². The molecule has 0 saturated heterocycles. The van der Waals surface area contributed by atoms with Gasteiger partial charge in [0.1, 0.15) is 18.7 Å². The Kier molecular flexibility index (Phi) is 7.37. The van der Waals surface area contributed by atoms with Crippen LogP contribution in [0.2, 0.25) is 0 Å². The third-order valence-electron chi connectivity index (χ3n) is 3.83. The summed E-state index contributed by atoms with van der Waals surface area (Å²) >= 11 is 0. The van der Waals surface area contributed by atoms with Crippen molar-refractivity contribution in [2.45, 2.75) is 32.0 Å². The summed E-state index contributed by atoms with van der Waals surface area (Å²) in [4.78, 5) is 35.5. The molecule has 0 aliphatic rings. The van der Waals surface area contributed by atoms with Crippen LogP contribution in [0.15, 0.2) is 60.7 Å². The summed E-state index contributed by atoms with van der Waals surface area (Å²) in [6, 6.07) is 16.2. The molecule has 2 aromatic rings. The van der Waals surface area contributed by atoms with Crippen molar-refractivity contribution >= 4 is 18.0 Å². The molecule has 0 saturated carbocycles. The molecule has 142 valence electrons. The number of carboxylic acid groups (broad SMARTS) is 1. The SMILES string of the molecule is C[C@@H](NC(=O)[C@H](Cc1ccccc1)NC(=O)OCc1ccccc1)C(=O)O. The topological polar surface area (TPSA) is 105 Å². The quantitative estimate of drug-likeness (QED) is 0.660. The Morgan fingerprint density at radius 1 is 0.926 bits per heavy atom. The van der Waals surface area contributed by atoms with Crippen molar-refractivity contribution in [3.8, 4) is 0 Å². The number of hydrogen-bond acceptors (Lipinski definition) is 4. The van der Waals surface area contributed by atoms with Crippen LogP contribution in [0.5, 0.6) is 0 Å². The first-order valence-corrected chi connectivity index (χ1v) is 8.50. The van der Waals surface area contributed by atoms with Crippen LogP contribution in [0, 0.1) is 0 Å². The Morgan fingerprint density at radius 2 is 1.48 bits per heavy atom. The monoisotopic (exact) mass is 370 g/mol. The largest absolute Gasteiger partial charge is 0.480 e. The van der Waals surface area contributed by atoms with Gasteiger partial charge in [0.05, 0.1) is 0 Å². The molecule has 7 heteroatoms. The van der Waals surface area contributed by atoms with E-state index in [2.05, 4.69) is 10.6 Å². The Balaban J connectivity index is 2.00. The zero-order valence-corrected chi connectivity index (χ0v) is 14.9. The molecule has 2 amide bonds. The molecule has 2 aromatic carbocycles. The van der Waals surface area contributed by atoms with Gasteiger partial charge in [-0.3, -0.25) is 9.59 Å². The lowest BCUT2D eigenvalue weighted by Crippen LogP contribution is -2.51. The van der Waals surface area contributed by atoms with Crippen LogP contribution in [-0.4, -0.2) is 35.2 Å². The van der Waals surface area contributed by atoms with Crippen molar-refractivity contribution in [3.63, 3.8) is 0 Å². The van der Waals surface area contributed by atoms with Crippen molar-refractivity contribution in [3.05, 3.63) is 71.8 Å². The highest BCUT2D eigenvalue weighted by molar-refractivity contribution is 5.89. The highest BCUT2D eigenvalue weighted by atomic mass is 16.5. The predicted molar refractivity (Wildman–Crippen MR) is 98.9 cm³/mol. The highest BCUT2D eigenvalue weighted by Crippen LogP contribution is 2.06. The Labute approximate surface area is 157 Å². The molecule has 0 bridgehead atoms. The van der Waals surface area contributed by atoms with E-state index in [4.69, 9.17) is 9.84 Å². The number of ether oxygens (including phenoxy) is 1. The number of alkyl carbamates (subject to hydrolysis) is 1. The second kappa shape index (κ2) is 9.96. The number of aliphatic carboxylic acids is 1. The van der Waals surface area contributed by atoms with E-state index in [9.17, 15) is 14.4 Å². The summed E-state index contributed by atoms with van der Waals surface area (Å²) in [6.45, 7) is 1.42.